The summed E-state index contributed by atoms with van der Waals surface area (Å²) >= 11 is 0. The molecule has 1 fully saturated rings. The van der Waals surface area contributed by atoms with E-state index in [2.05, 4.69) is 15.3 Å². The van der Waals surface area contributed by atoms with Crippen LogP contribution in [0.3, 0.4) is 0 Å². The first-order valence-electron chi connectivity index (χ1n) is 11.1. The Bertz CT molecular complexity index is 1510. The van der Waals surface area contributed by atoms with Gasteiger partial charge in [-0.25, -0.2) is 31.5 Å². The highest BCUT2D eigenvalue weighted by atomic mass is 32.2. The Morgan fingerprint density at radius 2 is 1.57 bits per heavy atom. The minimum atomic E-state index is -5.09. The second-order valence-electron chi connectivity index (χ2n) is 8.39. The van der Waals surface area contributed by atoms with E-state index in [-0.39, 0.29) is 40.4 Å². The minimum Gasteiger partial charge on any atom is -0.368 e. The average Bonchev–Trinajstić information content (AvgIpc) is 2.87. The number of hydrogen-bond donors (Lipinski definition) is 2. The number of piperazine rings is 1. The van der Waals surface area contributed by atoms with E-state index in [0.717, 1.165) is 19.6 Å². The molecule has 0 atom stereocenters. The van der Waals surface area contributed by atoms with Gasteiger partial charge in [-0.3, -0.25) is 0 Å². The number of aromatic nitrogens is 2. The van der Waals surface area contributed by atoms with Gasteiger partial charge in [-0.05, 0) is 36.4 Å². The predicted octanol–water partition coefficient (Wildman–Crippen LogP) is 2.55. The Labute approximate surface area is 212 Å². The molecule has 198 valence electrons. The van der Waals surface area contributed by atoms with Crippen LogP contribution in [-0.4, -0.2) is 66.3 Å². The fraction of sp³-hybridized carbons (Fsp3) is 0.304. The Hall–Kier alpha value is -3.07. The Morgan fingerprint density at radius 1 is 0.973 bits per heavy atom. The highest BCUT2D eigenvalue weighted by molar-refractivity contribution is 7.90. The standard InChI is InChI=1S/C23H24F3N5O4S2/c1-27-37(34,35)22-19(31-9-7-28-8-10-31)11-18(15-3-5-17(6-4-15)36(2,32)33)20(21(22)23(24,25)26)16-12-29-14-30-13-16/h3-6,11-14,27-28H,7-10H2,1-2H3. The third kappa shape index (κ3) is 5.46. The first-order chi connectivity index (χ1) is 17.3. The van der Waals surface area contributed by atoms with Gasteiger partial charge in [0.1, 0.15) is 11.2 Å². The maximum absolute atomic E-state index is 14.9. The molecule has 3 aromatic rings. The van der Waals surface area contributed by atoms with E-state index >= 15 is 0 Å². The number of sulfonamides is 1. The smallest absolute Gasteiger partial charge is 0.368 e. The molecule has 4 rings (SSSR count). The summed E-state index contributed by atoms with van der Waals surface area (Å²) in [5.74, 6) is 0. The molecule has 1 aliphatic heterocycles. The minimum absolute atomic E-state index is 0.00593. The molecular weight excluding hydrogens is 531 g/mol. The van der Waals surface area contributed by atoms with Crippen molar-refractivity contribution >= 4 is 25.5 Å². The predicted molar refractivity (Wildman–Crippen MR) is 132 cm³/mol. The van der Waals surface area contributed by atoms with Gasteiger partial charge in [0.25, 0.3) is 0 Å². The molecule has 37 heavy (non-hydrogen) atoms. The van der Waals surface area contributed by atoms with Crippen LogP contribution < -0.4 is 14.9 Å². The number of hydrogen-bond acceptors (Lipinski definition) is 8. The SMILES string of the molecule is CNS(=O)(=O)c1c(N2CCNCC2)cc(-c2ccc(S(C)(=O)=O)cc2)c(-c2cncnc2)c1C(F)(F)F. The number of benzene rings is 2. The number of alkyl halides is 3. The molecular formula is C23H24F3N5O4S2. The zero-order valence-corrected chi connectivity index (χ0v) is 21.5. The van der Waals surface area contributed by atoms with Crippen LogP contribution >= 0.6 is 0 Å². The fourth-order valence-electron chi connectivity index (χ4n) is 4.27. The second kappa shape index (κ2) is 10.0. The lowest BCUT2D eigenvalue weighted by atomic mass is 9.90. The van der Waals surface area contributed by atoms with Crippen LogP contribution in [0.15, 0.2) is 58.8 Å². The molecule has 2 N–H and O–H groups in total. The van der Waals surface area contributed by atoms with Crippen molar-refractivity contribution in [1.82, 2.24) is 20.0 Å². The van der Waals surface area contributed by atoms with Crippen LogP contribution in [0.25, 0.3) is 22.3 Å². The summed E-state index contributed by atoms with van der Waals surface area (Å²) in [7, 11) is -7.10. The molecule has 1 aliphatic rings. The first kappa shape index (κ1) is 27.0. The van der Waals surface area contributed by atoms with Crippen molar-refractivity contribution in [3.63, 3.8) is 0 Å². The van der Waals surface area contributed by atoms with Crippen molar-refractivity contribution in [2.45, 2.75) is 16.0 Å². The summed E-state index contributed by atoms with van der Waals surface area (Å²) in [6.45, 7) is 1.47. The van der Waals surface area contributed by atoms with Gasteiger partial charge in [0.2, 0.25) is 10.0 Å². The van der Waals surface area contributed by atoms with Crippen LogP contribution in [0.2, 0.25) is 0 Å². The molecule has 0 radical (unpaired) electrons. The molecule has 0 amide bonds. The van der Waals surface area contributed by atoms with Gasteiger partial charge >= 0.3 is 6.18 Å². The molecule has 0 spiro atoms. The first-order valence-corrected chi connectivity index (χ1v) is 14.5. The van der Waals surface area contributed by atoms with Crippen molar-refractivity contribution in [3.8, 4) is 22.3 Å². The van der Waals surface area contributed by atoms with Gasteiger partial charge in [-0.1, -0.05) is 12.1 Å². The highest BCUT2D eigenvalue weighted by Gasteiger charge is 2.44. The third-order valence-electron chi connectivity index (χ3n) is 5.98. The lowest BCUT2D eigenvalue weighted by Crippen LogP contribution is -2.44. The Balaban J connectivity index is 2.18. The Morgan fingerprint density at radius 3 is 2.08 bits per heavy atom. The van der Waals surface area contributed by atoms with Crippen molar-refractivity contribution in [1.29, 1.82) is 0 Å². The van der Waals surface area contributed by atoms with Gasteiger partial charge in [0, 0.05) is 56.0 Å². The van der Waals surface area contributed by atoms with Gasteiger partial charge < -0.3 is 10.2 Å². The molecule has 1 saturated heterocycles. The quantitative estimate of drug-likeness (QED) is 0.476. The molecule has 0 aliphatic carbocycles. The normalized spacial score (nSPS) is 15.1. The lowest BCUT2D eigenvalue weighted by molar-refractivity contribution is -0.139. The van der Waals surface area contributed by atoms with Gasteiger partial charge in [-0.2, -0.15) is 13.2 Å². The monoisotopic (exact) mass is 555 g/mol. The molecule has 0 bridgehead atoms. The van der Waals surface area contributed by atoms with Crippen LogP contribution in [0.5, 0.6) is 0 Å². The summed E-state index contributed by atoms with van der Waals surface area (Å²) in [6, 6.07) is 6.79. The van der Waals surface area contributed by atoms with Crippen LogP contribution in [0.4, 0.5) is 18.9 Å². The van der Waals surface area contributed by atoms with Crippen molar-refractivity contribution in [2.75, 3.05) is 44.4 Å². The molecule has 9 nitrogen and oxygen atoms in total. The highest BCUT2D eigenvalue weighted by Crippen LogP contribution is 2.49. The number of sulfone groups is 1. The van der Waals surface area contributed by atoms with E-state index in [9.17, 15) is 30.0 Å². The maximum atomic E-state index is 14.9. The number of nitrogens with zero attached hydrogens (tertiary/aromatic N) is 3. The summed E-state index contributed by atoms with van der Waals surface area (Å²) < 4.78 is 96.9. The fourth-order valence-corrected chi connectivity index (χ4v) is 6.06. The van der Waals surface area contributed by atoms with E-state index < -0.39 is 42.1 Å². The van der Waals surface area contributed by atoms with Gasteiger partial charge in [0.05, 0.1) is 16.1 Å². The zero-order chi connectivity index (χ0) is 27.0. The third-order valence-corrected chi connectivity index (χ3v) is 8.60. The van der Waals surface area contributed by atoms with E-state index in [1.165, 1.54) is 42.7 Å². The number of nitrogens with one attached hydrogen (secondary N) is 2. The lowest BCUT2D eigenvalue weighted by Gasteiger charge is -2.33. The summed E-state index contributed by atoms with van der Waals surface area (Å²) in [5, 5.41) is 3.10. The molecule has 2 aromatic carbocycles. The largest absolute Gasteiger partial charge is 0.418 e. The van der Waals surface area contributed by atoms with E-state index in [4.69, 9.17) is 0 Å². The second-order valence-corrected chi connectivity index (χ2v) is 12.2. The van der Waals surface area contributed by atoms with Gasteiger partial charge in [-0.15, -0.1) is 0 Å². The van der Waals surface area contributed by atoms with E-state index in [1.807, 2.05) is 4.72 Å². The zero-order valence-electron chi connectivity index (χ0n) is 19.9. The molecule has 0 saturated carbocycles. The van der Waals surface area contributed by atoms with Crippen LogP contribution in [-0.2, 0) is 26.0 Å². The Kier molecular flexibility index (Phi) is 7.29. The molecule has 0 unspecified atom stereocenters. The summed E-state index contributed by atoms with van der Waals surface area (Å²) in [6.07, 6.45) is -0.567. The molecule has 14 heteroatoms. The van der Waals surface area contributed by atoms with E-state index in [0.29, 0.717) is 13.1 Å². The van der Waals surface area contributed by atoms with Gasteiger partial charge in [0.15, 0.2) is 9.84 Å². The summed E-state index contributed by atoms with van der Waals surface area (Å²) in [5.41, 5.74) is -1.60. The number of halogens is 3. The summed E-state index contributed by atoms with van der Waals surface area (Å²) in [4.78, 5) is 8.39. The van der Waals surface area contributed by atoms with E-state index in [1.54, 1.807) is 4.90 Å². The average molecular weight is 556 g/mol. The topological polar surface area (TPSA) is 121 Å². The van der Waals surface area contributed by atoms with Crippen LogP contribution in [0, 0.1) is 0 Å². The molecule has 2 heterocycles. The van der Waals surface area contributed by atoms with Crippen molar-refractivity contribution in [3.05, 3.63) is 54.6 Å². The molecule has 1 aromatic heterocycles. The van der Waals surface area contributed by atoms with Crippen molar-refractivity contribution < 1.29 is 30.0 Å². The van der Waals surface area contributed by atoms with Crippen LogP contribution in [0.1, 0.15) is 5.56 Å². The number of rotatable bonds is 6. The van der Waals surface area contributed by atoms with Crippen molar-refractivity contribution in [2.24, 2.45) is 0 Å². The number of anilines is 1. The maximum Gasteiger partial charge on any atom is 0.418 e.